The van der Waals surface area contributed by atoms with Gasteiger partial charge in [-0.05, 0) is 29.8 Å². The molecule has 0 heterocycles. The molecule has 14 heavy (non-hydrogen) atoms. The smallest absolute Gasteiger partial charge is 0.241 e. The fraction of sp³-hybridized carbons (Fsp3) is 0. The number of nitrogens with two attached hydrogens (primary N) is 1. The van der Waals surface area contributed by atoms with Crippen molar-refractivity contribution in [3.05, 3.63) is 41.2 Å². The summed E-state index contributed by atoms with van der Waals surface area (Å²) in [6.07, 6.45) is 2.46. The molecule has 0 aliphatic carbocycles. The fourth-order valence-electron chi connectivity index (χ4n) is 0.951. The van der Waals surface area contributed by atoms with Crippen LogP contribution in [0.15, 0.2) is 24.3 Å². The van der Waals surface area contributed by atoms with E-state index in [9.17, 15) is 9.18 Å². The number of hydrogen-bond donors (Lipinski definition) is 1. The van der Waals surface area contributed by atoms with E-state index in [2.05, 4.69) is 0 Å². The Bertz CT molecular complexity index is 432. The summed E-state index contributed by atoms with van der Waals surface area (Å²) >= 11 is 0. The van der Waals surface area contributed by atoms with E-state index in [1.165, 1.54) is 18.2 Å². The molecular formula is C10H7FN2O. The normalized spacial score (nSPS) is 10.0. The summed E-state index contributed by atoms with van der Waals surface area (Å²) in [5, 5.41) is 8.53. The lowest BCUT2D eigenvalue weighted by Crippen LogP contribution is -2.05. The van der Waals surface area contributed by atoms with Crippen molar-refractivity contribution in [1.82, 2.24) is 0 Å². The largest absolute Gasteiger partial charge is 0.366 e. The first-order chi connectivity index (χ1) is 6.61. The van der Waals surface area contributed by atoms with Gasteiger partial charge >= 0.3 is 0 Å². The van der Waals surface area contributed by atoms with Crippen LogP contribution in [0.5, 0.6) is 0 Å². The maximum atomic E-state index is 12.8. The molecule has 2 N–H and O–H groups in total. The van der Waals surface area contributed by atoms with Gasteiger partial charge in [-0.1, -0.05) is 0 Å². The molecule has 0 fully saturated rings. The van der Waals surface area contributed by atoms with Gasteiger partial charge in [0.05, 0.1) is 11.6 Å². The highest BCUT2D eigenvalue weighted by molar-refractivity contribution is 5.90. The molecule has 0 saturated carbocycles. The Morgan fingerprint density at radius 2 is 2.21 bits per heavy atom. The van der Waals surface area contributed by atoms with E-state index in [1.807, 2.05) is 0 Å². The van der Waals surface area contributed by atoms with Crippen LogP contribution in [0.1, 0.15) is 11.1 Å². The first-order valence-electron chi connectivity index (χ1n) is 3.80. The second-order valence-electron chi connectivity index (χ2n) is 2.62. The Morgan fingerprint density at radius 1 is 1.50 bits per heavy atom. The van der Waals surface area contributed by atoms with Crippen LogP contribution in [-0.2, 0) is 4.79 Å². The van der Waals surface area contributed by atoms with Crippen molar-refractivity contribution in [3.63, 3.8) is 0 Å². The van der Waals surface area contributed by atoms with Gasteiger partial charge in [-0.2, -0.15) is 5.26 Å². The number of nitriles is 1. The summed E-state index contributed by atoms with van der Waals surface area (Å²) in [7, 11) is 0. The molecule has 0 radical (unpaired) electrons. The number of primary amides is 1. The van der Waals surface area contributed by atoms with E-state index in [0.29, 0.717) is 5.56 Å². The van der Waals surface area contributed by atoms with Gasteiger partial charge in [0.25, 0.3) is 0 Å². The Labute approximate surface area is 80.3 Å². The van der Waals surface area contributed by atoms with Crippen molar-refractivity contribution in [3.8, 4) is 6.07 Å². The van der Waals surface area contributed by atoms with Crippen molar-refractivity contribution < 1.29 is 9.18 Å². The first-order valence-corrected chi connectivity index (χ1v) is 3.80. The molecule has 0 aliphatic rings. The molecule has 0 aliphatic heterocycles. The Kier molecular flexibility index (Phi) is 2.97. The molecule has 0 saturated heterocycles. The van der Waals surface area contributed by atoms with Crippen molar-refractivity contribution in [2.45, 2.75) is 0 Å². The third kappa shape index (κ3) is 2.72. The van der Waals surface area contributed by atoms with Gasteiger partial charge in [0, 0.05) is 6.08 Å². The van der Waals surface area contributed by atoms with Crippen LogP contribution in [0.3, 0.4) is 0 Å². The van der Waals surface area contributed by atoms with Crippen LogP contribution in [0, 0.1) is 17.1 Å². The summed E-state index contributed by atoms with van der Waals surface area (Å²) in [6, 6.07) is 5.59. The van der Waals surface area contributed by atoms with Crippen molar-refractivity contribution in [2.75, 3.05) is 0 Å². The SMILES string of the molecule is N#Cc1cc(F)cc(C=CC(N)=O)c1. The minimum absolute atomic E-state index is 0.203. The number of carbonyl (C=O) groups excluding carboxylic acids is 1. The van der Waals surface area contributed by atoms with E-state index in [1.54, 1.807) is 6.07 Å². The van der Waals surface area contributed by atoms with Gasteiger partial charge in [-0.15, -0.1) is 0 Å². The van der Waals surface area contributed by atoms with Gasteiger partial charge in [-0.25, -0.2) is 4.39 Å². The molecule has 1 aromatic carbocycles. The predicted molar refractivity (Wildman–Crippen MR) is 49.3 cm³/mol. The van der Waals surface area contributed by atoms with E-state index in [0.717, 1.165) is 12.1 Å². The molecule has 0 spiro atoms. The van der Waals surface area contributed by atoms with Crippen LogP contribution >= 0.6 is 0 Å². The molecule has 0 atom stereocenters. The second-order valence-corrected chi connectivity index (χ2v) is 2.62. The number of halogens is 1. The highest BCUT2D eigenvalue weighted by atomic mass is 19.1. The first kappa shape index (κ1) is 9.93. The quantitative estimate of drug-likeness (QED) is 0.712. The van der Waals surface area contributed by atoms with Crippen molar-refractivity contribution in [1.29, 1.82) is 5.26 Å². The molecule has 4 heteroatoms. The third-order valence-corrected chi connectivity index (χ3v) is 1.49. The standard InChI is InChI=1S/C10H7FN2O/c11-9-4-7(1-2-10(13)14)3-8(5-9)6-12/h1-5H,(H2,13,14). The molecule has 1 aromatic rings. The monoisotopic (exact) mass is 190 g/mol. The number of amides is 1. The molecular weight excluding hydrogens is 183 g/mol. The van der Waals surface area contributed by atoms with Gasteiger partial charge in [0.2, 0.25) is 5.91 Å². The fourth-order valence-corrected chi connectivity index (χ4v) is 0.951. The molecule has 3 nitrogen and oxygen atoms in total. The zero-order valence-electron chi connectivity index (χ0n) is 7.20. The van der Waals surface area contributed by atoms with Gasteiger partial charge < -0.3 is 5.73 Å². The maximum absolute atomic E-state index is 12.8. The molecule has 0 aromatic heterocycles. The number of benzene rings is 1. The van der Waals surface area contributed by atoms with Crippen molar-refractivity contribution in [2.24, 2.45) is 5.73 Å². The van der Waals surface area contributed by atoms with E-state index in [-0.39, 0.29) is 5.56 Å². The van der Waals surface area contributed by atoms with Crippen LogP contribution in [-0.4, -0.2) is 5.91 Å². The summed E-state index contributed by atoms with van der Waals surface area (Å²) < 4.78 is 12.8. The summed E-state index contributed by atoms with van der Waals surface area (Å²) in [4.78, 5) is 10.4. The minimum Gasteiger partial charge on any atom is -0.366 e. The number of carbonyl (C=O) groups is 1. The zero-order chi connectivity index (χ0) is 10.6. The summed E-state index contributed by atoms with van der Waals surface area (Å²) in [6.45, 7) is 0. The lowest BCUT2D eigenvalue weighted by molar-refractivity contribution is -0.113. The Hall–Kier alpha value is -2.15. The van der Waals surface area contributed by atoms with Gasteiger partial charge in [0.1, 0.15) is 5.82 Å². The number of hydrogen-bond acceptors (Lipinski definition) is 2. The highest BCUT2D eigenvalue weighted by Gasteiger charge is 1.97. The van der Waals surface area contributed by atoms with Gasteiger partial charge in [0.15, 0.2) is 0 Å². The average Bonchev–Trinajstić information content (AvgIpc) is 2.14. The molecule has 0 unspecified atom stereocenters. The Balaban J connectivity index is 3.05. The Morgan fingerprint density at radius 3 is 2.79 bits per heavy atom. The molecule has 0 bridgehead atoms. The molecule has 70 valence electrons. The van der Waals surface area contributed by atoms with E-state index >= 15 is 0 Å². The van der Waals surface area contributed by atoms with Crippen LogP contribution in [0.4, 0.5) is 4.39 Å². The second kappa shape index (κ2) is 4.19. The molecule has 1 rings (SSSR count). The van der Waals surface area contributed by atoms with Crippen molar-refractivity contribution >= 4 is 12.0 Å². The van der Waals surface area contributed by atoms with Crippen LogP contribution in [0.25, 0.3) is 6.08 Å². The predicted octanol–water partition coefficient (Wildman–Crippen LogP) is 1.20. The van der Waals surface area contributed by atoms with Crippen LogP contribution < -0.4 is 5.73 Å². The summed E-state index contributed by atoms with van der Waals surface area (Å²) in [5.74, 6) is -1.14. The lowest BCUT2D eigenvalue weighted by atomic mass is 10.1. The minimum atomic E-state index is -0.618. The zero-order valence-corrected chi connectivity index (χ0v) is 7.20. The highest BCUT2D eigenvalue weighted by Crippen LogP contribution is 2.09. The van der Waals surface area contributed by atoms with Gasteiger partial charge in [-0.3, -0.25) is 4.79 Å². The maximum Gasteiger partial charge on any atom is 0.241 e. The molecule has 1 amide bonds. The average molecular weight is 190 g/mol. The number of nitrogens with zero attached hydrogens (tertiary/aromatic N) is 1. The van der Waals surface area contributed by atoms with Crippen LogP contribution in [0.2, 0.25) is 0 Å². The van der Waals surface area contributed by atoms with E-state index < -0.39 is 11.7 Å². The van der Waals surface area contributed by atoms with E-state index in [4.69, 9.17) is 11.0 Å². The number of rotatable bonds is 2. The lowest BCUT2D eigenvalue weighted by Gasteiger charge is -1.94. The topological polar surface area (TPSA) is 66.9 Å². The summed E-state index contributed by atoms with van der Waals surface area (Å²) in [5.41, 5.74) is 5.50. The third-order valence-electron chi connectivity index (χ3n) is 1.49.